The van der Waals surface area contributed by atoms with Gasteiger partial charge in [0, 0.05) is 16.1 Å². The van der Waals surface area contributed by atoms with Crippen LogP contribution >= 0.6 is 11.6 Å². The molecule has 3 aromatic rings. The van der Waals surface area contributed by atoms with E-state index in [4.69, 9.17) is 16.3 Å². The van der Waals surface area contributed by atoms with Crippen molar-refractivity contribution >= 4 is 33.2 Å². The number of unbranched alkanes of at least 4 members (excludes halogenated alkanes) is 1. The first-order valence-electron chi connectivity index (χ1n) is 9.97. The number of ether oxygens (including phenoxy) is 1. The van der Waals surface area contributed by atoms with E-state index in [1.54, 1.807) is 48.5 Å². The first kappa shape index (κ1) is 21.4. The summed E-state index contributed by atoms with van der Waals surface area (Å²) < 4.78 is 31.4. The second kappa shape index (κ2) is 8.72. The number of nitrogens with one attached hydrogen (secondary N) is 1. The summed E-state index contributed by atoms with van der Waals surface area (Å²) in [6, 6.07) is 13.8. The Morgan fingerprint density at radius 2 is 1.97 bits per heavy atom. The summed E-state index contributed by atoms with van der Waals surface area (Å²) in [7, 11) is -3.28. The number of hydrogen-bond donors (Lipinski definition) is 1. The Bertz CT molecular complexity index is 1220. The van der Waals surface area contributed by atoms with Gasteiger partial charge in [-0.1, -0.05) is 31.0 Å². The van der Waals surface area contributed by atoms with E-state index in [2.05, 4.69) is 17.3 Å². The average Bonchev–Trinajstić information content (AvgIpc) is 3.21. The molecule has 2 heterocycles. The monoisotopic (exact) mass is 459 g/mol. The van der Waals surface area contributed by atoms with Crippen molar-refractivity contribution in [1.82, 2.24) is 9.78 Å². The Morgan fingerprint density at radius 3 is 2.68 bits per heavy atom. The summed E-state index contributed by atoms with van der Waals surface area (Å²) in [5, 5.41) is 7.80. The van der Waals surface area contributed by atoms with Crippen LogP contribution in [0.1, 0.15) is 41.4 Å². The van der Waals surface area contributed by atoms with Gasteiger partial charge in [-0.2, -0.15) is 5.10 Å². The molecule has 162 valence electrons. The van der Waals surface area contributed by atoms with Crippen LogP contribution in [-0.2, 0) is 21.3 Å². The summed E-state index contributed by atoms with van der Waals surface area (Å²) in [6.07, 6.45) is 2.00. The first-order valence-corrected chi connectivity index (χ1v) is 12.2. The van der Waals surface area contributed by atoms with Gasteiger partial charge in [0.05, 0.1) is 29.5 Å². The van der Waals surface area contributed by atoms with Gasteiger partial charge >= 0.3 is 0 Å². The van der Waals surface area contributed by atoms with E-state index in [9.17, 15) is 13.2 Å². The fraction of sp³-hybridized carbons (Fsp3) is 0.273. The molecule has 1 amide bonds. The highest BCUT2D eigenvalue weighted by molar-refractivity contribution is 7.90. The van der Waals surface area contributed by atoms with E-state index >= 15 is 0 Å². The number of aromatic nitrogens is 2. The fourth-order valence-corrected chi connectivity index (χ4v) is 5.06. The summed E-state index contributed by atoms with van der Waals surface area (Å²) in [4.78, 5) is 12.9. The Balaban J connectivity index is 1.62. The predicted octanol–water partition coefficient (Wildman–Crippen LogP) is 4.39. The quantitative estimate of drug-likeness (QED) is 0.529. The second-order valence-electron chi connectivity index (χ2n) is 7.38. The SMILES string of the molecule is CCCCOc1ccc(C(=O)Nc2c3c(nn2-c2cccc(Cl)c2)CS(=O)(=O)C3)cc1. The lowest BCUT2D eigenvalue weighted by atomic mass is 10.2. The van der Waals surface area contributed by atoms with Gasteiger partial charge in [-0.25, -0.2) is 13.1 Å². The number of benzene rings is 2. The number of anilines is 1. The zero-order valence-electron chi connectivity index (χ0n) is 17.0. The van der Waals surface area contributed by atoms with Gasteiger partial charge in [0.2, 0.25) is 0 Å². The van der Waals surface area contributed by atoms with Crippen molar-refractivity contribution in [3.8, 4) is 11.4 Å². The maximum atomic E-state index is 12.9. The van der Waals surface area contributed by atoms with E-state index in [0.717, 1.165) is 12.8 Å². The lowest BCUT2D eigenvalue weighted by Gasteiger charge is -2.12. The predicted molar refractivity (Wildman–Crippen MR) is 120 cm³/mol. The number of hydrogen-bond acceptors (Lipinski definition) is 5. The van der Waals surface area contributed by atoms with Crippen LogP contribution in [0.5, 0.6) is 5.75 Å². The first-order chi connectivity index (χ1) is 14.9. The molecule has 31 heavy (non-hydrogen) atoms. The molecule has 1 aromatic heterocycles. The lowest BCUT2D eigenvalue weighted by molar-refractivity contribution is 0.102. The number of carbonyl (C=O) groups excluding carboxylic acids is 1. The minimum absolute atomic E-state index is 0.150. The van der Waals surface area contributed by atoms with E-state index in [0.29, 0.717) is 45.7 Å². The molecule has 0 saturated heterocycles. The van der Waals surface area contributed by atoms with Crippen molar-refractivity contribution in [3.05, 3.63) is 70.4 Å². The molecule has 1 aliphatic rings. The van der Waals surface area contributed by atoms with Gasteiger partial charge in [-0.15, -0.1) is 0 Å². The van der Waals surface area contributed by atoms with Crippen LogP contribution in [0.3, 0.4) is 0 Å². The molecule has 0 saturated carbocycles. The van der Waals surface area contributed by atoms with Gasteiger partial charge in [0.1, 0.15) is 11.6 Å². The summed E-state index contributed by atoms with van der Waals surface area (Å²) in [5.74, 6) is 0.355. The molecule has 2 aromatic carbocycles. The number of rotatable bonds is 7. The van der Waals surface area contributed by atoms with Crippen LogP contribution in [0.25, 0.3) is 5.69 Å². The molecule has 0 fully saturated rings. The van der Waals surface area contributed by atoms with E-state index in [1.165, 1.54) is 4.68 Å². The summed E-state index contributed by atoms with van der Waals surface area (Å²) >= 11 is 6.11. The Hall–Kier alpha value is -2.84. The molecule has 4 rings (SSSR count). The van der Waals surface area contributed by atoms with Crippen LogP contribution in [-0.4, -0.2) is 30.7 Å². The van der Waals surface area contributed by atoms with Crippen molar-refractivity contribution in [3.63, 3.8) is 0 Å². The van der Waals surface area contributed by atoms with Crippen LogP contribution < -0.4 is 10.1 Å². The third-order valence-corrected chi connectivity index (χ3v) is 6.63. The molecule has 0 radical (unpaired) electrons. The average molecular weight is 460 g/mol. The van der Waals surface area contributed by atoms with Gasteiger partial charge in [0.25, 0.3) is 5.91 Å². The minimum Gasteiger partial charge on any atom is -0.494 e. The largest absolute Gasteiger partial charge is 0.494 e. The van der Waals surface area contributed by atoms with Crippen molar-refractivity contribution < 1.29 is 17.9 Å². The summed E-state index contributed by atoms with van der Waals surface area (Å²) in [5.41, 5.74) is 2.01. The van der Waals surface area contributed by atoms with Gasteiger partial charge in [0.15, 0.2) is 9.84 Å². The molecule has 0 bridgehead atoms. The molecule has 1 aliphatic heterocycles. The van der Waals surface area contributed by atoms with E-state index in [1.807, 2.05) is 0 Å². The number of sulfone groups is 1. The molecule has 0 spiro atoms. The number of nitrogens with zero attached hydrogens (tertiary/aromatic N) is 2. The molecule has 9 heteroatoms. The van der Waals surface area contributed by atoms with Crippen LogP contribution in [0.2, 0.25) is 5.02 Å². The number of amides is 1. The lowest BCUT2D eigenvalue weighted by Crippen LogP contribution is -2.17. The second-order valence-corrected chi connectivity index (χ2v) is 9.88. The Labute approximate surface area is 185 Å². The molecule has 7 nitrogen and oxygen atoms in total. The molecule has 0 unspecified atom stereocenters. The van der Waals surface area contributed by atoms with Crippen LogP contribution in [0, 0.1) is 0 Å². The number of fused-ring (bicyclic) bond motifs is 1. The highest BCUT2D eigenvalue weighted by atomic mass is 35.5. The van der Waals surface area contributed by atoms with Crippen LogP contribution in [0.4, 0.5) is 5.82 Å². The number of carbonyl (C=O) groups is 1. The minimum atomic E-state index is -3.28. The molecular formula is C22H22ClN3O4S. The highest BCUT2D eigenvalue weighted by Gasteiger charge is 2.33. The molecule has 1 N–H and O–H groups in total. The fourth-order valence-electron chi connectivity index (χ4n) is 3.38. The van der Waals surface area contributed by atoms with Gasteiger partial charge in [-0.3, -0.25) is 4.79 Å². The Morgan fingerprint density at radius 1 is 1.19 bits per heavy atom. The molecule has 0 aliphatic carbocycles. The van der Waals surface area contributed by atoms with Crippen molar-refractivity contribution in [1.29, 1.82) is 0 Å². The molecular weight excluding hydrogens is 438 g/mol. The standard InChI is InChI=1S/C22H22ClN3O4S/c1-2-3-11-30-18-9-7-15(8-10-18)22(27)24-21-19-13-31(28,29)14-20(19)25-26(21)17-6-4-5-16(23)12-17/h4-10,12H,2-3,11,13-14H2,1H3,(H,24,27). The topological polar surface area (TPSA) is 90.3 Å². The molecule has 0 atom stereocenters. The third-order valence-electron chi connectivity index (χ3n) is 4.96. The van der Waals surface area contributed by atoms with Gasteiger partial charge < -0.3 is 10.1 Å². The zero-order valence-corrected chi connectivity index (χ0v) is 18.5. The van der Waals surface area contributed by atoms with E-state index < -0.39 is 9.84 Å². The highest BCUT2D eigenvalue weighted by Crippen LogP contribution is 2.33. The van der Waals surface area contributed by atoms with Crippen molar-refractivity contribution in [2.45, 2.75) is 31.3 Å². The van der Waals surface area contributed by atoms with E-state index in [-0.39, 0.29) is 17.4 Å². The zero-order chi connectivity index (χ0) is 22.0. The third kappa shape index (κ3) is 4.75. The normalized spacial score (nSPS) is 14.3. The smallest absolute Gasteiger partial charge is 0.256 e. The maximum Gasteiger partial charge on any atom is 0.256 e. The number of halogens is 1. The summed E-state index contributed by atoms with van der Waals surface area (Å²) in [6.45, 7) is 2.72. The van der Waals surface area contributed by atoms with Crippen molar-refractivity contribution in [2.24, 2.45) is 0 Å². The maximum absolute atomic E-state index is 12.9. The van der Waals surface area contributed by atoms with Crippen molar-refractivity contribution in [2.75, 3.05) is 11.9 Å². The Kier molecular flexibility index (Phi) is 6.02. The van der Waals surface area contributed by atoms with Gasteiger partial charge in [-0.05, 0) is 48.9 Å². The van der Waals surface area contributed by atoms with Crippen LogP contribution in [0.15, 0.2) is 48.5 Å².